The molecule has 2 aromatic rings. The number of aryl methyl sites for hydroxylation is 1. The number of nitrogens with two attached hydrogens (primary N) is 1. The first-order chi connectivity index (χ1) is 7.31. The van der Waals surface area contributed by atoms with Gasteiger partial charge in [0.25, 0.3) is 0 Å². The summed E-state index contributed by atoms with van der Waals surface area (Å²) in [5.74, 6) is 6.45. The first-order valence-electron chi connectivity index (χ1n) is 4.63. The molecule has 2 rings (SSSR count). The van der Waals surface area contributed by atoms with Crippen LogP contribution in [0, 0.1) is 0 Å². The van der Waals surface area contributed by atoms with Gasteiger partial charge in [0.15, 0.2) is 0 Å². The van der Waals surface area contributed by atoms with E-state index in [2.05, 4.69) is 21.6 Å². The quantitative estimate of drug-likeness (QED) is 0.589. The maximum atomic E-state index is 5.53. The molecule has 1 atom stereocenters. The number of thiophene rings is 1. The zero-order valence-electron chi connectivity index (χ0n) is 8.42. The van der Waals surface area contributed by atoms with Crippen LogP contribution in [0.25, 0.3) is 0 Å². The predicted octanol–water partition coefficient (Wildman–Crippen LogP) is 0.624. The van der Waals surface area contributed by atoms with Crippen LogP contribution in [-0.2, 0) is 13.5 Å². The molecule has 0 aliphatic rings. The third-order valence-electron chi connectivity index (χ3n) is 2.28. The lowest BCUT2D eigenvalue weighted by atomic mass is 10.2. The SMILES string of the molecule is Cn1ncnc1CC(NN)c1cccs1. The van der Waals surface area contributed by atoms with E-state index in [9.17, 15) is 0 Å². The first-order valence-corrected chi connectivity index (χ1v) is 5.51. The summed E-state index contributed by atoms with van der Waals surface area (Å²) in [4.78, 5) is 5.38. The van der Waals surface area contributed by atoms with Crippen molar-refractivity contribution in [3.05, 3.63) is 34.5 Å². The highest BCUT2D eigenvalue weighted by molar-refractivity contribution is 7.10. The summed E-state index contributed by atoms with van der Waals surface area (Å²) in [6.45, 7) is 0. The molecule has 0 fully saturated rings. The Kier molecular flexibility index (Phi) is 3.10. The van der Waals surface area contributed by atoms with E-state index in [1.54, 1.807) is 22.3 Å². The van der Waals surface area contributed by atoms with Crippen LogP contribution in [0.5, 0.6) is 0 Å². The summed E-state index contributed by atoms with van der Waals surface area (Å²) in [5, 5.41) is 6.06. The number of hydrazine groups is 1. The fraction of sp³-hybridized carbons (Fsp3) is 0.333. The lowest BCUT2D eigenvalue weighted by Crippen LogP contribution is -2.29. The average Bonchev–Trinajstić information content (AvgIpc) is 2.86. The summed E-state index contributed by atoms with van der Waals surface area (Å²) >= 11 is 1.68. The van der Waals surface area contributed by atoms with Gasteiger partial charge < -0.3 is 0 Å². The summed E-state index contributed by atoms with van der Waals surface area (Å²) in [7, 11) is 1.88. The second kappa shape index (κ2) is 4.52. The normalized spacial score (nSPS) is 12.9. The zero-order chi connectivity index (χ0) is 10.7. The Morgan fingerprint density at radius 3 is 3.07 bits per heavy atom. The number of rotatable bonds is 4. The number of hydrogen-bond donors (Lipinski definition) is 2. The minimum atomic E-state index is 0.105. The molecule has 0 aliphatic carbocycles. The number of hydrogen-bond acceptors (Lipinski definition) is 5. The monoisotopic (exact) mass is 223 g/mol. The molecule has 2 aromatic heterocycles. The number of nitrogens with zero attached hydrogens (tertiary/aromatic N) is 3. The van der Waals surface area contributed by atoms with E-state index < -0.39 is 0 Å². The molecule has 0 bridgehead atoms. The second-order valence-electron chi connectivity index (χ2n) is 3.24. The first kappa shape index (κ1) is 10.3. The lowest BCUT2D eigenvalue weighted by molar-refractivity contribution is 0.530. The molecule has 0 aliphatic heterocycles. The molecule has 0 saturated heterocycles. The number of aromatic nitrogens is 3. The van der Waals surface area contributed by atoms with Gasteiger partial charge >= 0.3 is 0 Å². The molecule has 80 valence electrons. The minimum absolute atomic E-state index is 0.105. The van der Waals surface area contributed by atoms with Crippen LogP contribution in [0.1, 0.15) is 16.7 Å². The summed E-state index contributed by atoms with van der Waals surface area (Å²) in [6, 6.07) is 4.18. The van der Waals surface area contributed by atoms with E-state index in [0.717, 1.165) is 12.2 Å². The molecule has 0 radical (unpaired) electrons. The van der Waals surface area contributed by atoms with Crippen molar-refractivity contribution in [3.8, 4) is 0 Å². The molecule has 6 heteroatoms. The molecule has 0 saturated carbocycles. The van der Waals surface area contributed by atoms with Crippen molar-refractivity contribution in [1.29, 1.82) is 0 Å². The molecule has 0 amide bonds. The van der Waals surface area contributed by atoms with Crippen LogP contribution in [0.4, 0.5) is 0 Å². The van der Waals surface area contributed by atoms with Crippen molar-refractivity contribution in [2.75, 3.05) is 0 Å². The molecular weight excluding hydrogens is 210 g/mol. The van der Waals surface area contributed by atoms with Gasteiger partial charge in [-0.1, -0.05) is 6.07 Å². The lowest BCUT2D eigenvalue weighted by Gasteiger charge is -2.12. The van der Waals surface area contributed by atoms with Crippen molar-refractivity contribution < 1.29 is 0 Å². The molecule has 0 aromatic carbocycles. The fourth-order valence-electron chi connectivity index (χ4n) is 1.42. The van der Waals surface area contributed by atoms with Crippen LogP contribution in [0.3, 0.4) is 0 Å². The van der Waals surface area contributed by atoms with E-state index >= 15 is 0 Å². The van der Waals surface area contributed by atoms with Crippen molar-refractivity contribution in [1.82, 2.24) is 20.2 Å². The summed E-state index contributed by atoms with van der Waals surface area (Å²) < 4.78 is 1.76. The van der Waals surface area contributed by atoms with Crippen LogP contribution >= 0.6 is 11.3 Å². The minimum Gasteiger partial charge on any atom is -0.271 e. The Balaban J connectivity index is 2.13. The standard InChI is InChI=1S/C9H13N5S/c1-14-9(11-6-12-14)5-7(13-10)8-3-2-4-15-8/h2-4,6-7,13H,5,10H2,1H3. The molecule has 3 N–H and O–H groups in total. The average molecular weight is 223 g/mol. The molecular formula is C9H13N5S. The van der Waals surface area contributed by atoms with E-state index in [4.69, 9.17) is 5.84 Å². The van der Waals surface area contributed by atoms with Crippen LogP contribution < -0.4 is 11.3 Å². The molecule has 5 nitrogen and oxygen atoms in total. The van der Waals surface area contributed by atoms with E-state index in [0.29, 0.717) is 0 Å². The third kappa shape index (κ3) is 2.23. The van der Waals surface area contributed by atoms with Gasteiger partial charge in [-0.3, -0.25) is 16.0 Å². The van der Waals surface area contributed by atoms with Gasteiger partial charge in [-0.15, -0.1) is 11.3 Å². The maximum Gasteiger partial charge on any atom is 0.138 e. The van der Waals surface area contributed by atoms with E-state index in [1.807, 2.05) is 18.5 Å². The Morgan fingerprint density at radius 1 is 1.67 bits per heavy atom. The van der Waals surface area contributed by atoms with Gasteiger partial charge in [0.05, 0.1) is 6.04 Å². The molecule has 0 spiro atoms. The van der Waals surface area contributed by atoms with Gasteiger partial charge in [0, 0.05) is 18.3 Å². The highest BCUT2D eigenvalue weighted by Crippen LogP contribution is 2.20. The van der Waals surface area contributed by atoms with Crippen molar-refractivity contribution in [3.63, 3.8) is 0 Å². The zero-order valence-corrected chi connectivity index (χ0v) is 9.24. The summed E-state index contributed by atoms with van der Waals surface area (Å²) in [5.41, 5.74) is 2.80. The van der Waals surface area contributed by atoms with Crippen molar-refractivity contribution in [2.45, 2.75) is 12.5 Å². The fourth-order valence-corrected chi connectivity index (χ4v) is 2.21. The Hall–Kier alpha value is -1.24. The Labute approximate surface area is 91.9 Å². The Bertz CT molecular complexity index is 408. The van der Waals surface area contributed by atoms with Gasteiger partial charge in [0.1, 0.15) is 12.2 Å². The van der Waals surface area contributed by atoms with Gasteiger partial charge in [0.2, 0.25) is 0 Å². The third-order valence-corrected chi connectivity index (χ3v) is 3.27. The molecule has 2 heterocycles. The van der Waals surface area contributed by atoms with Crippen LogP contribution in [-0.4, -0.2) is 14.8 Å². The second-order valence-corrected chi connectivity index (χ2v) is 4.22. The van der Waals surface area contributed by atoms with Crippen LogP contribution in [0.2, 0.25) is 0 Å². The van der Waals surface area contributed by atoms with Gasteiger partial charge in [-0.25, -0.2) is 4.98 Å². The Morgan fingerprint density at radius 2 is 2.53 bits per heavy atom. The number of nitrogens with one attached hydrogen (secondary N) is 1. The highest BCUT2D eigenvalue weighted by atomic mass is 32.1. The van der Waals surface area contributed by atoms with E-state index in [1.165, 1.54) is 4.88 Å². The van der Waals surface area contributed by atoms with Crippen molar-refractivity contribution >= 4 is 11.3 Å². The predicted molar refractivity (Wildman–Crippen MR) is 59.1 cm³/mol. The van der Waals surface area contributed by atoms with Gasteiger partial charge in [-0.05, 0) is 11.4 Å². The maximum absolute atomic E-state index is 5.53. The largest absolute Gasteiger partial charge is 0.271 e. The van der Waals surface area contributed by atoms with Crippen LogP contribution in [0.15, 0.2) is 23.8 Å². The molecule has 1 unspecified atom stereocenters. The summed E-state index contributed by atoms with van der Waals surface area (Å²) in [6.07, 6.45) is 2.30. The van der Waals surface area contributed by atoms with E-state index in [-0.39, 0.29) is 6.04 Å². The van der Waals surface area contributed by atoms with Crippen molar-refractivity contribution in [2.24, 2.45) is 12.9 Å². The van der Waals surface area contributed by atoms with Gasteiger partial charge in [-0.2, -0.15) is 5.10 Å². The topological polar surface area (TPSA) is 68.8 Å². The smallest absolute Gasteiger partial charge is 0.138 e. The molecule has 15 heavy (non-hydrogen) atoms. The highest BCUT2D eigenvalue weighted by Gasteiger charge is 2.14.